The predicted octanol–water partition coefficient (Wildman–Crippen LogP) is 4.92. The van der Waals surface area contributed by atoms with Crippen LogP contribution in [0.15, 0.2) is 42.5 Å². The lowest BCUT2D eigenvalue weighted by atomic mass is 10.1. The van der Waals surface area contributed by atoms with Crippen LogP contribution >= 0.6 is 23.2 Å². The van der Waals surface area contributed by atoms with E-state index in [2.05, 4.69) is 17.6 Å². The van der Waals surface area contributed by atoms with Crippen molar-refractivity contribution in [2.75, 3.05) is 11.9 Å². The fourth-order valence-corrected chi connectivity index (χ4v) is 2.38. The summed E-state index contributed by atoms with van der Waals surface area (Å²) in [6.45, 7) is 2.60. The van der Waals surface area contributed by atoms with Gasteiger partial charge >= 0.3 is 6.03 Å². The second kappa shape index (κ2) is 8.06. The first kappa shape index (κ1) is 16.7. The molecule has 0 saturated heterocycles. The van der Waals surface area contributed by atoms with E-state index in [0.717, 1.165) is 17.7 Å². The molecule has 0 bridgehead atoms. The van der Waals surface area contributed by atoms with E-state index in [1.807, 2.05) is 36.4 Å². The molecule has 0 saturated carbocycles. The zero-order valence-electron chi connectivity index (χ0n) is 12.3. The number of benzene rings is 2. The molecule has 0 aliphatic heterocycles. The molecule has 2 aromatic rings. The summed E-state index contributed by atoms with van der Waals surface area (Å²) in [5.41, 5.74) is 3.02. The molecule has 3 nitrogen and oxygen atoms in total. The molecule has 2 amide bonds. The molecule has 116 valence electrons. The summed E-state index contributed by atoms with van der Waals surface area (Å²) in [7, 11) is 0. The summed E-state index contributed by atoms with van der Waals surface area (Å²) in [6.07, 6.45) is 1.63. The van der Waals surface area contributed by atoms with Crippen molar-refractivity contribution in [3.63, 3.8) is 0 Å². The van der Waals surface area contributed by atoms with Crippen LogP contribution in [0.1, 0.15) is 18.1 Å². The molecule has 2 rings (SSSR count). The lowest BCUT2D eigenvalue weighted by molar-refractivity contribution is 0.252. The van der Waals surface area contributed by atoms with Gasteiger partial charge in [-0.15, -0.1) is 0 Å². The van der Waals surface area contributed by atoms with E-state index in [-0.39, 0.29) is 6.03 Å². The number of amides is 2. The number of aryl methyl sites for hydroxylation is 1. The Bertz CT molecular complexity index is 659. The van der Waals surface area contributed by atoms with Gasteiger partial charge in [-0.05, 0) is 48.2 Å². The maximum Gasteiger partial charge on any atom is 0.319 e. The number of carbonyl (C=O) groups excluding carboxylic acids is 1. The number of hydrogen-bond acceptors (Lipinski definition) is 1. The SMILES string of the molecule is CCc1cccc(NC(=O)NCCc2ccc(Cl)c(Cl)c2)c1. The zero-order valence-corrected chi connectivity index (χ0v) is 13.8. The van der Waals surface area contributed by atoms with E-state index in [9.17, 15) is 4.79 Å². The van der Waals surface area contributed by atoms with Crippen LogP contribution in [0.4, 0.5) is 10.5 Å². The van der Waals surface area contributed by atoms with Gasteiger partial charge in [0, 0.05) is 12.2 Å². The molecule has 0 atom stereocenters. The molecule has 0 aliphatic rings. The van der Waals surface area contributed by atoms with Gasteiger partial charge in [0.05, 0.1) is 10.0 Å². The van der Waals surface area contributed by atoms with E-state index in [4.69, 9.17) is 23.2 Å². The van der Waals surface area contributed by atoms with Crippen molar-refractivity contribution in [1.29, 1.82) is 0 Å². The average molecular weight is 337 g/mol. The Hall–Kier alpha value is -1.71. The zero-order chi connectivity index (χ0) is 15.9. The number of urea groups is 1. The lowest BCUT2D eigenvalue weighted by Gasteiger charge is -2.09. The van der Waals surface area contributed by atoms with Gasteiger partial charge in [0.2, 0.25) is 0 Å². The molecular weight excluding hydrogens is 319 g/mol. The number of carbonyl (C=O) groups is 1. The van der Waals surface area contributed by atoms with Crippen molar-refractivity contribution in [2.45, 2.75) is 19.8 Å². The van der Waals surface area contributed by atoms with Crippen LogP contribution in [-0.2, 0) is 12.8 Å². The maximum atomic E-state index is 11.9. The molecule has 22 heavy (non-hydrogen) atoms. The number of halogens is 2. The molecule has 2 aromatic carbocycles. The molecule has 0 unspecified atom stereocenters. The second-order valence-corrected chi connectivity index (χ2v) is 5.75. The van der Waals surface area contributed by atoms with Crippen LogP contribution < -0.4 is 10.6 Å². The quantitative estimate of drug-likeness (QED) is 0.799. The minimum Gasteiger partial charge on any atom is -0.338 e. The van der Waals surface area contributed by atoms with E-state index in [1.54, 1.807) is 6.07 Å². The van der Waals surface area contributed by atoms with Gasteiger partial charge in [0.15, 0.2) is 0 Å². The monoisotopic (exact) mass is 336 g/mol. The molecular formula is C17H18Cl2N2O. The first-order valence-corrected chi connectivity index (χ1v) is 7.92. The highest BCUT2D eigenvalue weighted by Crippen LogP contribution is 2.22. The second-order valence-electron chi connectivity index (χ2n) is 4.93. The Kier molecular flexibility index (Phi) is 6.10. The van der Waals surface area contributed by atoms with Crippen molar-refractivity contribution in [1.82, 2.24) is 5.32 Å². The fraction of sp³-hybridized carbons (Fsp3) is 0.235. The van der Waals surface area contributed by atoms with Gasteiger partial charge in [-0.2, -0.15) is 0 Å². The van der Waals surface area contributed by atoms with E-state index in [0.29, 0.717) is 23.0 Å². The van der Waals surface area contributed by atoms with Gasteiger partial charge < -0.3 is 10.6 Å². The Morgan fingerprint density at radius 2 is 1.86 bits per heavy atom. The molecule has 0 aliphatic carbocycles. The Labute approximate surface area is 140 Å². The highest BCUT2D eigenvalue weighted by molar-refractivity contribution is 6.42. The lowest BCUT2D eigenvalue weighted by Crippen LogP contribution is -2.30. The van der Waals surface area contributed by atoms with Crippen molar-refractivity contribution < 1.29 is 4.79 Å². The first-order chi connectivity index (χ1) is 10.6. The van der Waals surface area contributed by atoms with E-state index < -0.39 is 0 Å². The smallest absolute Gasteiger partial charge is 0.319 e. The molecule has 2 N–H and O–H groups in total. The molecule has 5 heteroatoms. The number of hydrogen-bond donors (Lipinski definition) is 2. The molecule has 0 spiro atoms. The summed E-state index contributed by atoms with van der Waals surface area (Å²) < 4.78 is 0. The molecule has 0 fully saturated rings. The first-order valence-electron chi connectivity index (χ1n) is 7.16. The minimum atomic E-state index is -0.215. The third kappa shape index (κ3) is 4.93. The summed E-state index contributed by atoms with van der Waals surface area (Å²) in [5, 5.41) is 6.71. The van der Waals surface area contributed by atoms with Gasteiger partial charge in [-0.25, -0.2) is 4.79 Å². The van der Waals surface area contributed by atoms with Gasteiger partial charge in [-0.3, -0.25) is 0 Å². The highest BCUT2D eigenvalue weighted by atomic mass is 35.5. The van der Waals surface area contributed by atoms with Crippen LogP contribution in [0.2, 0.25) is 10.0 Å². The van der Waals surface area contributed by atoms with Gasteiger partial charge in [0.1, 0.15) is 0 Å². The Morgan fingerprint density at radius 3 is 2.59 bits per heavy atom. The normalized spacial score (nSPS) is 10.3. The molecule has 0 radical (unpaired) electrons. The van der Waals surface area contributed by atoms with Gasteiger partial charge in [0.25, 0.3) is 0 Å². The van der Waals surface area contributed by atoms with Crippen molar-refractivity contribution in [3.05, 3.63) is 63.6 Å². The van der Waals surface area contributed by atoms with E-state index in [1.165, 1.54) is 5.56 Å². The highest BCUT2D eigenvalue weighted by Gasteiger charge is 2.03. The van der Waals surface area contributed by atoms with E-state index >= 15 is 0 Å². The molecule has 0 aromatic heterocycles. The number of nitrogens with one attached hydrogen (secondary N) is 2. The van der Waals surface area contributed by atoms with Crippen LogP contribution in [0.25, 0.3) is 0 Å². The van der Waals surface area contributed by atoms with Crippen LogP contribution in [0.5, 0.6) is 0 Å². The van der Waals surface area contributed by atoms with Crippen LogP contribution in [-0.4, -0.2) is 12.6 Å². The van der Waals surface area contributed by atoms with Crippen molar-refractivity contribution in [3.8, 4) is 0 Å². The summed E-state index contributed by atoms with van der Waals surface area (Å²) >= 11 is 11.8. The average Bonchev–Trinajstić information content (AvgIpc) is 2.51. The third-order valence-corrected chi connectivity index (χ3v) is 4.02. The largest absolute Gasteiger partial charge is 0.338 e. The molecule has 0 heterocycles. The van der Waals surface area contributed by atoms with Crippen LogP contribution in [0, 0.1) is 0 Å². The van der Waals surface area contributed by atoms with Crippen molar-refractivity contribution in [2.24, 2.45) is 0 Å². The van der Waals surface area contributed by atoms with Crippen molar-refractivity contribution >= 4 is 34.9 Å². The predicted molar refractivity (Wildman–Crippen MR) is 93.0 cm³/mol. The maximum absolute atomic E-state index is 11.9. The fourth-order valence-electron chi connectivity index (χ4n) is 2.06. The summed E-state index contributed by atoms with van der Waals surface area (Å²) in [5.74, 6) is 0. The number of anilines is 1. The Morgan fingerprint density at radius 1 is 1.05 bits per heavy atom. The topological polar surface area (TPSA) is 41.1 Å². The summed E-state index contributed by atoms with van der Waals surface area (Å²) in [6, 6.07) is 13.1. The Balaban J connectivity index is 1.81. The minimum absolute atomic E-state index is 0.215. The van der Waals surface area contributed by atoms with Crippen LogP contribution in [0.3, 0.4) is 0 Å². The summed E-state index contributed by atoms with van der Waals surface area (Å²) in [4.78, 5) is 11.9. The standard InChI is InChI=1S/C17H18Cl2N2O/c1-2-12-4-3-5-14(10-12)21-17(22)20-9-8-13-6-7-15(18)16(19)11-13/h3-7,10-11H,2,8-9H2,1H3,(H2,20,21,22). The number of rotatable bonds is 5. The van der Waals surface area contributed by atoms with Gasteiger partial charge in [-0.1, -0.05) is 48.3 Å². The third-order valence-electron chi connectivity index (χ3n) is 3.28.